The summed E-state index contributed by atoms with van der Waals surface area (Å²) in [5, 5.41) is 13.2. The zero-order chi connectivity index (χ0) is 29.0. The molecule has 1 aliphatic heterocycles. The molecule has 0 atom stereocenters. The van der Waals surface area contributed by atoms with E-state index in [1.807, 2.05) is 43.7 Å². The van der Waals surface area contributed by atoms with E-state index < -0.39 is 17.2 Å². The molecule has 1 amide bonds. The second kappa shape index (κ2) is 9.81. The van der Waals surface area contributed by atoms with Crippen molar-refractivity contribution >= 4 is 23.3 Å². The maximum atomic E-state index is 13.6. The van der Waals surface area contributed by atoms with E-state index >= 15 is 0 Å². The second-order valence-electron chi connectivity index (χ2n) is 11.6. The number of hydrogen-bond donors (Lipinski definition) is 0. The van der Waals surface area contributed by atoms with E-state index in [2.05, 4.69) is 5.10 Å². The Morgan fingerprint density at radius 3 is 2.45 bits per heavy atom. The lowest BCUT2D eigenvalue weighted by Gasteiger charge is -2.31. The Kier molecular flexibility index (Phi) is 6.73. The summed E-state index contributed by atoms with van der Waals surface area (Å²) in [7, 11) is 3.35. The molecule has 1 aromatic carbocycles. The number of hydrogen-bond acceptors (Lipinski definition) is 8. The minimum atomic E-state index is -0.656. The van der Waals surface area contributed by atoms with Crippen LogP contribution in [0.1, 0.15) is 57.6 Å². The summed E-state index contributed by atoms with van der Waals surface area (Å²) in [5.41, 5.74) is 3.51. The fraction of sp³-hybridized carbons (Fsp3) is 0.379. The molecule has 0 fully saturated rings. The minimum absolute atomic E-state index is 0.182. The largest absolute Gasteiger partial charge is 0.496 e. The Labute approximate surface area is 237 Å². The third-order valence-electron chi connectivity index (χ3n) is 6.62. The number of ether oxygens (including phenoxy) is 3. The lowest BCUT2D eigenvalue weighted by molar-refractivity contribution is 0.0514. The number of aromatic nitrogens is 4. The van der Waals surface area contributed by atoms with Gasteiger partial charge in [-0.1, -0.05) is 0 Å². The van der Waals surface area contributed by atoms with Crippen LogP contribution in [0.15, 0.2) is 41.2 Å². The highest BCUT2D eigenvalue weighted by molar-refractivity contribution is 7.08. The van der Waals surface area contributed by atoms with Crippen LogP contribution in [0.3, 0.4) is 0 Å². The topological polar surface area (TPSA) is 101 Å². The summed E-state index contributed by atoms with van der Waals surface area (Å²) in [6, 6.07) is 7.39. The molecule has 0 bridgehead atoms. The molecule has 5 rings (SSSR count). The molecule has 3 aromatic heterocycles. The molecule has 0 radical (unpaired) electrons. The molecule has 0 spiro atoms. The predicted molar refractivity (Wildman–Crippen MR) is 152 cm³/mol. The van der Waals surface area contributed by atoms with Gasteiger partial charge in [0.15, 0.2) is 5.69 Å². The van der Waals surface area contributed by atoms with Crippen molar-refractivity contribution < 1.29 is 23.8 Å². The molecule has 0 saturated carbocycles. The third-order valence-corrected chi connectivity index (χ3v) is 7.29. The van der Waals surface area contributed by atoms with Gasteiger partial charge in [-0.3, -0.25) is 4.79 Å². The lowest BCUT2D eigenvalue weighted by Crippen LogP contribution is -2.43. The van der Waals surface area contributed by atoms with E-state index in [1.165, 1.54) is 0 Å². The van der Waals surface area contributed by atoms with Crippen LogP contribution in [0.2, 0.25) is 0 Å². The zero-order valence-corrected chi connectivity index (χ0v) is 24.8. The van der Waals surface area contributed by atoms with Gasteiger partial charge in [0.05, 0.1) is 24.2 Å². The standard InChI is InChI=1S/C29H33N5O5S/c1-28(2,3)32(7)26(35)24-20-15-38-23-14-22(37-8)18(21-9-11-33(30-21)27(36)39-29(4,5)6)13-19(23)25(20)34(31-24)17-10-12-40-16-17/h9-14,16H,15H2,1-8H3. The summed E-state index contributed by atoms with van der Waals surface area (Å²) >= 11 is 1.55. The van der Waals surface area contributed by atoms with Gasteiger partial charge in [0.1, 0.15) is 23.7 Å². The van der Waals surface area contributed by atoms with E-state index in [4.69, 9.17) is 19.3 Å². The van der Waals surface area contributed by atoms with Gasteiger partial charge in [-0.05, 0) is 65.1 Å². The lowest BCUT2D eigenvalue weighted by atomic mass is 9.97. The Bertz CT molecular complexity index is 1590. The average molecular weight is 564 g/mol. The fourth-order valence-corrected chi connectivity index (χ4v) is 4.94. The van der Waals surface area contributed by atoms with Gasteiger partial charge in [-0.2, -0.15) is 26.2 Å². The summed E-state index contributed by atoms with van der Waals surface area (Å²) in [4.78, 5) is 27.9. The van der Waals surface area contributed by atoms with Crippen LogP contribution in [0.5, 0.6) is 11.5 Å². The number of amides is 1. The van der Waals surface area contributed by atoms with Crippen molar-refractivity contribution in [1.29, 1.82) is 0 Å². The first kappa shape index (κ1) is 27.4. The molecule has 40 heavy (non-hydrogen) atoms. The Morgan fingerprint density at radius 1 is 1.07 bits per heavy atom. The van der Waals surface area contributed by atoms with Crippen LogP contribution in [0.25, 0.3) is 28.2 Å². The molecule has 10 nitrogen and oxygen atoms in total. The number of carbonyl (C=O) groups excluding carboxylic acids is 2. The molecule has 0 N–H and O–H groups in total. The molecule has 1 aliphatic rings. The second-order valence-corrected chi connectivity index (χ2v) is 12.3. The molecule has 4 heterocycles. The van der Waals surface area contributed by atoms with Crippen LogP contribution in [-0.2, 0) is 11.3 Å². The zero-order valence-electron chi connectivity index (χ0n) is 23.9. The summed E-state index contributed by atoms with van der Waals surface area (Å²) < 4.78 is 20.3. The Hall–Kier alpha value is -4.12. The Morgan fingerprint density at radius 2 is 1.82 bits per heavy atom. The molecular weight excluding hydrogens is 530 g/mol. The van der Waals surface area contributed by atoms with Crippen LogP contribution >= 0.6 is 11.3 Å². The van der Waals surface area contributed by atoms with E-state index in [0.717, 1.165) is 21.6 Å². The maximum absolute atomic E-state index is 13.6. The monoisotopic (exact) mass is 563 g/mol. The SMILES string of the molecule is COc1cc2c(cc1-c1ccn(C(=O)OC(C)(C)C)n1)-c1c(c(C(=O)N(C)C(C)(C)C)nn1-c1ccsc1)CO2. The van der Waals surface area contributed by atoms with Crippen LogP contribution in [-0.4, -0.2) is 61.8 Å². The normalized spacial score (nSPS) is 12.8. The number of fused-ring (bicyclic) bond motifs is 3. The molecule has 210 valence electrons. The molecule has 0 saturated heterocycles. The number of thiophene rings is 1. The number of nitrogens with zero attached hydrogens (tertiary/aromatic N) is 5. The van der Waals surface area contributed by atoms with Gasteiger partial charge in [-0.15, -0.1) is 0 Å². The first-order valence-electron chi connectivity index (χ1n) is 12.9. The number of rotatable bonds is 4. The smallest absolute Gasteiger partial charge is 0.435 e. The third kappa shape index (κ3) is 4.97. The van der Waals surface area contributed by atoms with Crippen LogP contribution < -0.4 is 9.47 Å². The van der Waals surface area contributed by atoms with Crippen molar-refractivity contribution in [3.8, 4) is 39.7 Å². The predicted octanol–water partition coefficient (Wildman–Crippen LogP) is 6.02. The van der Waals surface area contributed by atoms with Crippen molar-refractivity contribution in [3.05, 3.63) is 52.5 Å². The van der Waals surface area contributed by atoms with Gasteiger partial charge in [0.2, 0.25) is 0 Å². The first-order valence-corrected chi connectivity index (χ1v) is 13.8. The van der Waals surface area contributed by atoms with Crippen molar-refractivity contribution in [2.45, 2.75) is 59.3 Å². The molecule has 11 heteroatoms. The van der Waals surface area contributed by atoms with E-state index in [9.17, 15) is 9.59 Å². The summed E-state index contributed by atoms with van der Waals surface area (Å²) in [5.74, 6) is 0.941. The van der Waals surface area contributed by atoms with E-state index in [1.54, 1.807) is 74.2 Å². The van der Waals surface area contributed by atoms with Gasteiger partial charge in [0, 0.05) is 46.9 Å². The van der Waals surface area contributed by atoms with Gasteiger partial charge in [-0.25, -0.2) is 9.48 Å². The van der Waals surface area contributed by atoms with Crippen molar-refractivity contribution in [2.75, 3.05) is 14.2 Å². The molecular formula is C29H33N5O5S. The number of methoxy groups -OCH3 is 1. The summed E-state index contributed by atoms with van der Waals surface area (Å²) in [6.07, 6.45) is 0.974. The highest BCUT2D eigenvalue weighted by atomic mass is 32.1. The van der Waals surface area contributed by atoms with Crippen LogP contribution in [0.4, 0.5) is 4.79 Å². The highest BCUT2D eigenvalue weighted by Gasteiger charge is 2.35. The van der Waals surface area contributed by atoms with Gasteiger partial charge < -0.3 is 19.1 Å². The highest BCUT2D eigenvalue weighted by Crippen LogP contribution is 2.46. The van der Waals surface area contributed by atoms with E-state index in [-0.39, 0.29) is 12.5 Å². The quantitative estimate of drug-likeness (QED) is 0.299. The molecule has 0 unspecified atom stereocenters. The van der Waals surface area contributed by atoms with Gasteiger partial charge >= 0.3 is 6.09 Å². The Balaban J connectivity index is 1.66. The average Bonchev–Trinajstić information content (AvgIpc) is 3.65. The minimum Gasteiger partial charge on any atom is -0.496 e. The number of benzene rings is 1. The van der Waals surface area contributed by atoms with Crippen molar-refractivity contribution in [1.82, 2.24) is 24.5 Å². The first-order chi connectivity index (χ1) is 18.8. The van der Waals surface area contributed by atoms with Crippen LogP contribution in [0, 0.1) is 0 Å². The van der Waals surface area contributed by atoms with Crippen molar-refractivity contribution in [2.24, 2.45) is 0 Å². The molecule has 0 aliphatic carbocycles. The fourth-order valence-electron chi connectivity index (χ4n) is 4.33. The van der Waals surface area contributed by atoms with Crippen molar-refractivity contribution in [3.63, 3.8) is 0 Å². The molecule has 4 aromatic rings. The maximum Gasteiger partial charge on any atom is 0.435 e. The number of carbonyl (C=O) groups is 2. The summed E-state index contributed by atoms with van der Waals surface area (Å²) in [6.45, 7) is 11.5. The van der Waals surface area contributed by atoms with Gasteiger partial charge in [0.25, 0.3) is 5.91 Å². The van der Waals surface area contributed by atoms with E-state index in [0.29, 0.717) is 34.0 Å².